The number of phosphoric ester groups is 1. The first-order chi connectivity index (χ1) is 19.2. The molecule has 2 N–H and O–H groups in total. The second-order valence-electron chi connectivity index (χ2n) is 9.03. The number of fused-ring (bicyclic) bond motifs is 1. The molecule has 3 heterocycles. The first-order valence-corrected chi connectivity index (χ1v) is 13.9. The summed E-state index contributed by atoms with van der Waals surface area (Å²) in [6.07, 6.45) is 8.24. The minimum atomic E-state index is -4.24. The van der Waals surface area contributed by atoms with Crippen molar-refractivity contribution in [2.45, 2.75) is 13.7 Å². The molecule has 0 saturated heterocycles. The van der Waals surface area contributed by atoms with Crippen molar-refractivity contribution in [2.24, 2.45) is 0 Å². The van der Waals surface area contributed by atoms with Gasteiger partial charge in [-0.05, 0) is 62.5 Å². The van der Waals surface area contributed by atoms with E-state index in [1.54, 1.807) is 54.4 Å². The Labute approximate surface area is 231 Å². The van der Waals surface area contributed by atoms with E-state index in [2.05, 4.69) is 15.3 Å². The Balaban J connectivity index is 1.71. The lowest BCUT2D eigenvalue weighted by atomic mass is 10.0. The number of nitrogens with one attached hydrogen (secondary N) is 1. The van der Waals surface area contributed by atoms with E-state index in [4.69, 9.17) is 9.05 Å². The lowest BCUT2D eigenvalue weighted by molar-refractivity contribution is -0.111. The molecule has 1 amide bonds. The molecule has 40 heavy (non-hydrogen) atoms. The quantitative estimate of drug-likeness (QED) is 0.195. The van der Waals surface area contributed by atoms with Crippen molar-refractivity contribution in [2.75, 3.05) is 32.6 Å². The maximum Gasteiger partial charge on any atom is 0.473 e. The van der Waals surface area contributed by atoms with E-state index in [1.165, 1.54) is 6.08 Å². The number of hydrogen-bond donors (Lipinski definition) is 2. The van der Waals surface area contributed by atoms with Gasteiger partial charge in [-0.25, -0.2) is 14.5 Å². The van der Waals surface area contributed by atoms with Gasteiger partial charge in [0.25, 0.3) is 0 Å². The van der Waals surface area contributed by atoms with Crippen molar-refractivity contribution in [3.05, 3.63) is 78.9 Å². The summed E-state index contributed by atoms with van der Waals surface area (Å²) in [5.74, 6) is -0.230. The zero-order valence-electron chi connectivity index (χ0n) is 22.3. The largest absolute Gasteiger partial charge is 0.473 e. The molecule has 206 valence electrons. The van der Waals surface area contributed by atoms with Crippen LogP contribution in [0.15, 0.2) is 73.2 Å². The van der Waals surface area contributed by atoms with Gasteiger partial charge >= 0.3 is 7.82 Å². The fourth-order valence-corrected chi connectivity index (χ4v) is 4.65. The number of nitrogens with zero attached hydrogens (tertiary/aromatic N) is 5. The van der Waals surface area contributed by atoms with Crippen LogP contribution in [0, 0.1) is 11.3 Å². The molecule has 0 aliphatic rings. The van der Waals surface area contributed by atoms with Crippen LogP contribution in [0.3, 0.4) is 0 Å². The second-order valence-corrected chi connectivity index (χ2v) is 10.5. The first kappa shape index (κ1) is 28.8. The topological polar surface area (TPSA) is 143 Å². The van der Waals surface area contributed by atoms with E-state index in [0.29, 0.717) is 17.9 Å². The van der Waals surface area contributed by atoms with Gasteiger partial charge in [0.05, 0.1) is 6.61 Å². The highest BCUT2D eigenvalue weighted by atomic mass is 31.2. The van der Waals surface area contributed by atoms with Gasteiger partial charge in [0, 0.05) is 53.4 Å². The van der Waals surface area contributed by atoms with Crippen molar-refractivity contribution in [3.8, 4) is 28.3 Å². The summed E-state index contributed by atoms with van der Waals surface area (Å²) in [6.45, 7) is 1.99. The number of phosphoric acid groups is 1. The van der Waals surface area contributed by atoms with Gasteiger partial charge in [-0.2, -0.15) is 5.26 Å². The summed E-state index contributed by atoms with van der Waals surface area (Å²) in [7, 11) is -0.396. The summed E-state index contributed by atoms with van der Waals surface area (Å²) in [4.78, 5) is 32.8. The zero-order valence-corrected chi connectivity index (χ0v) is 23.2. The number of aromatic nitrogens is 3. The lowest BCUT2D eigenvalue weighted by Gasteiger charge is -2.12. The van der Waals surface area contributed by atoms with Crippen LogP contribution in [0.1, 0.15) is 12.6 Å². The highest BCUT2D eigenvalue weighted by Gasteiger charge is 2.22. The number of benzene rings is 1. The summed E-state index contributed by atoms with van der Waals surface area (Å²) in [5.41, 5.74) is 4.43. The maximum atomic E-state index is 12.3. The molecule has 0 aliphatic heterocycles. The van der Waals surface area contributed by atoms with E-state index in [-0.39, 0.29) is 24.9 Å². The molecule has 4 rings (SSSR count). The van der Waals surface area contributed by atoms with Crippen LogP contribution in [0.4, 0.5) is 5.69 Å². The molecule has 0 fully saturated rings. The Morgan fingerprint density at radius 2 is 2.00 bits per heavy atom. The Morgan fingerprint density at radius 3 is 2.75 bits per heavy atom. The molecule has 0 bridgehead atoms. The number of nitriles is 1. The Kier molecular flexibility index (Phi) is 9.22. The molecule has 3 aromatic heterocycles. The monoisotopic (exact) mass is 560 g/mol. The Bertz CT molecular complexity index is 1640. The summed E-state index contributed by atoms with van der Waals surface area (Å²) in [6, 6.07) is 14.8. The third-order valence-corrected chi connectivity index (χ3v) is 6.78. The second kappa shape index (κ2) is 12.8. The molecular weight excluding hydrogens is 531 g/mol. The fraction of sp³-hybridized carbons (Fsp3) is 0.214. The summed E-state index contributed by atoms with van der Waals surface area (Å²) >= 11 is 0. The van der Waals surface area contributed by atoms with E-state index in [0.717, 1.165) is 27.6 Å². The molecule has 1 aromatic carbocycles. The lowest BCUT2D eigenvalue weighted by Crippen LogP contribution is -2.12. The third kappa shape index (κ3) is 7.27. The van der Waals surface area contributed by atoms with Crippen LogP contribution in [-0.2, 0) is 25.1 Å². The summed E-state index contributed by atoms with van der Waals surface area (Å²) < 4.78 is 23.7. The minimum absolute atomic E-state index is 0.0207. The third-order valence-electron chi connectivity index (χ3n) is 5.75. The molecule has 0 spiro atoms. The fourth-order valence-electron chi connectivity index (χ4n) is 3.98. The van der Waals surface area contributed by atoms with Gasteiger partial charge in [-0.3, -0.25) is 13.8 Å². The molecule has 11 nitrogen and oxygen atoms in total. The number of hydrogen-bond acceptors (Lipinski definition) is 8. The van der Waals surface area contributed by atoms with Crippen molar-refractivity contribution in [3.63, 3.8) is 0 Å². The number of pyridine rings is 2. The molecule has 0 radical (unpaired) electrons. The van der Waals surface area contributed by atoms with Crippen molar-refractivity contribution >= 4 is 30.5 Å². The number of carbonyl (C=O) groups is 1. The zero-order chi connectivity index (χ0) is 28.7. The van der Waals surface area contributed by atoms with Crippen molar-refractivity contribution in [1.82, 2.24) is 19.4 Å². The molecule has 1 atom stereocenters. The van der Waals surface area contributed by atoms with Gasteiger partial charge in [-0.15, -0.1) is 0 Å². The van der Waals surface area contributed by atoms with Gasteiger partial charge in [-0.1, -0.05) is 18.2 Å². The minimum Gasteiger partial charge on any atom is -0.323 e. The van der Waals surface area contributed by atoms with Gasteiger partial charge in [0.2, 0.25) is 5.91 Å². The van der Waals surface area contributed by atoms with Crippen LogP contribution in [0.2, 0.25) is 0 Å². The predicted molar refractivity (Wildman–Crippen MR) is 152 cm³/mol. The predicted octanol–water partition coefficient (Wildman–Crippen LogP) is 4.80. The highest BCUT2D eigenvalue weighted by Crippen LogP contribution is 2.44. The average Bonchev–Trinajstić information content (AvgIpc) is 3.30. The van der Waals surface area contributed by atoms with Crippen LogP contribution in [0.5, 0.6) is 0 Å². The van der Waals surface area contributed by atoms with Crippen LogP contribution < -0.4 is 5.32 Å². The van der Waals surface area contributed by atoms with Crippen LogP contribution in [-0.4, -0.2) is 57.5 Å². The molecule has 0 aliphatic carbocycles. The smallest absolute Gasteiger partial charge is 0.323 e. The van der Waals surface area contributed by atoms with E-state index >= 15 is 0 Å². The molecule has 1 unspecified atom stereocenters. The number of rotatable bonds is 11. The Hall–Kier alpha value is -4.17. The normalized spacial score (nSPS) is 13.0. The number of carbonyl (C=O) groups excluding carboxylic acids is 1. The van der Waals surface area contributed by atoms with Crippen molar-refractivity contribution in [1.29, 1.82) is 5.26 Å². The molecule has 12 heteroatoms. The molecule has 0 saturated carbocycles. The summed E-state index contributed by atoms with van der Waals surface area (Å²) in [5, 5.41) is 12.9. The maximum absolute atomic E-state index is 12.3. The average molecular weight is 561 g/mol. The SMILES string of the molecule is CCOP(=O)(O)OCn1cc(-c2ccnc(C#N)c2)c2cc(-c3cccc(NC(=O)C=CCN(C)C)c3)cnc21. The number of amides is 1. The van der Waals surface area contributed by atoms with Gasteiger partial charge in [0.1, 0.15) is 24.1 Å². The number of anilines is 1. The number of likely N-dealkylation sites (N-methyl/N-ethyl adjacent to an activating group) is 1. The van der Waals surface area contributed by atoms with Gasteiger partial charge in [0.15, 0.2) is 0 Å². The standard InChI is InChI=1S/C28H29N6O5P/c1-4-38-40(36,37)39-19-34-18-26(21-10-11-30-24(14-21)16-29)25-15-22(17-31-28(25)34)20-7-5-8-23(13-20)32-27(35)9-6-12-33(2)3/h5-11,13-15,17-18H,4,12,19H2,1-3H3,(H,32,35)(H,36,37). The van der Waals surface area contributed by atoms with E-state index in [1.807, 2.05) is 49.3 Å². The van der Waals surface area contributed by atoms with Crippen LogP contribution >= 0.6 is 7.82 Å². The van der Waals surface area contributed by atoms with E-state index in [9.17, 15) is 19.5 Å². The molecular formula is C28H29N6O5P. The molecule has 4 aromatic rings. The first-order valence-electron chi connectivity index (χ1n) is 12.4. The Morgan fingerprint density at radius 1 is 1.18 bits per heavy atom. The van der Waals surface area contributed by atoms with Gasteiger partial charge < -0.3 is 19.7 Å². The van der Waals surface area contributed by atoms with Crippen molar-refractivity contribution < 1.29 is 23.3 Å². The highest BCUT2D eigenvalue weighted by molar-refractivity contribution is 7.47. The van der Waals surface area contributed by atoms with E-state index < -0.39 is 7.82 Å². The van der Waals surface area contributed by atoms with Crippen LogP contribution in [0.25, 0.3) is 33.3 Å².